The zero-order valence-corrected chi connectivity index (χ0v) is 28.1. The first-order valence-corrected chi connectivity index (χ1v) is 17.6. The van der Waals surface area contributed by atoms with Crippen molar-refractivity contribution < 1.29 is 22.7 Å². The number of sulfonamides is 1. The van der Waals surface area contributed by atoms with Crippen LogP contribution < -0.4 is 9.64 Å². The molecule has 3 aromatic rings. The molecule has 1 aromatic heterocycles. The maximum atomic E-state index is 14.1. The number of benzene rings is 2. The van der Waals surface area contributed by atoms with Gasteiger partial charge >= 0.3 is 5.97 Å². The fraction of sp³-hybridized carbons (Fsp3) is 0.529. The highest BCUT2D eigenvalue weighted by molar-refractivity contribution is 7.89. The van der Waals surface area contributed by atoms with E-state index in [0.29, 0.717) is 49.2 Å². The summed E-state index contributed by atoms with van der Waals surface area (Å²) in [5, 5.41) is 1.72. The van der Waals surface area contributed by atoms with Crippen LogP contribution in [0.2, 0.25) is 0 Å². The molecule has 1 aliphatic rings. The Morgan fingerprint density at radius 2 is 1.58 bits per heavy atom. The predicted octanol–water partition coefficient (Wildman–Crippen LogP) is 4.75. The molecule has 1 aliphatic heterocycles. The molecule has 0 atom stereocenters. The van der Waals surface area contributed by atoms with E-state index in [4.69, 9.17) is 9.47 Å². The zero-order valence-electron chi connectivity index (χ0n) is 27.3. The summed E-state index contributed by atoms with van der Waals surface area (Å²) in [5.74, 6) is 0.109. The van der Waals surface area contributed by atoms with Gasteiger partial charge in [0.05, 0.1) is 23.7 Å². The van der Waals surface area contributed by atoms with Crippen LogP contribution in [0.15, 0.2) is 59.6 Å². The highest BCUT2D eigenvalue weighted by Gasteiger charge is 2.27. The third-order valence-corrected chi connectivity index (χ3v) is 10.2. The van der Waals surface area contributed by atoms with Gasteiger partial charge in [-0.05, 0) is 38.0 Å². The molecule has 1 fully saturated rings. The summed E-state index contributed by atoms with van der Waals surface area (Å²) in [4.78, 5) is 23.2. The topological polar surface area (TPSA) is 95.5 Å². The van der Waals surface area contributed by atoms with Crippen LogP contribution in [0.3, 0.4) is 0 Å². The predicted molar refractivity (Wildman–Crippen MR) is 180 cm³/mol. The van der Waals surface area contributed by atoms with E-state index >= 15 is 0 Å². The van der Waals surface area contributed by atoms with Gasteiger partial charge in [0.1, 0.15) is 0 Å². The molecular weight excluding hydrogens is 590 g/mol. The number of fused-ring (bicyclic) bond motifs is 1. The van der Waals surface area contributed by atoms with Gasteiger partial charge in [0, 0.05) is 95.2 Å². The molecule has 0 radical (unpaired) electrons. The lowest BCUT2D eigenvalue weighted by Crippen LogP contribution is -2.49. The van der Waals surface area contributed by atoms with Crippen molar-refractivity contribution in [2.75, 3.05) is 84.6 Å². The van der Waals surface area contributed by atoms with Crippen molar-refractivity contribution in [1.82, 2.24) is 19.1 Å². The second-order valence-corrected chi connectivity index (χ2v) is 13.5. The van der Waals surface area contributed by atoms with Crippen LogP contribution in [0.25, 0.3) is 10.8 Å². The largest absolute Gasteiger partial charge is 0.478 e. The first-order chi connectivity index (χ1) is 21.7. The van der Waals surface area contributed by atoms with Gasteiger partial charge in [-0.1, -0.05) is 44.0 Å². The zero-order chi connectivity index (χ0) is 32.2. The molecule has 246 valence electrons. The summed E-state index contributed by atoms with van der Waals surface area (Å²) in [6, 6.07) is 14.8. The normalized spacial score (nSPS) is 14.6. The van der Waals surface area contributed by atoms with E-state index < -0.39 is 10.0 Å². The van der Waals surface area contributed by atoms with Crippen LogP contribution in [-0.2, 0) is 14.8 Å². The summed E-state index contributed by atoms with van der Waals surface area (Å²) in [6.07, 6.45) is 5.24. The number of rotatable bonds is 17. The average molecular weight is 640 g/mol. The Hall–Kier alpha value is -3.25. The van der Waals surface area contributed by atoms with Gasteiger partial charge in [0.15, 0.2) is 0 Å². The standard InChI is InChI=1S/C34H49N5O5S/c1-5-7-8-19-39(45(41,42)32-15-10-12-29-30(32)13-9-14-31(29)36(3)4)25-24-38-22-20-37(21-23-38)18-11-26-44-33-17-16-28(27-35-33)34(40)43-6-2/h9-10,12-17,27H,5-8,11,18-26H2,1-4H3. The highest BCUT2D eigenvalue weighted by atomic mass is 32.2. The SMILES string of the molecule is CCCCCN(CCN1CCN(CCCOc2ccc(C(=O)OCC)cn2)CC1)S(=O)(=O)c1cccc2c(N(C)C)cccc12. The van der Waals surface area contributed by atoms with Crippen LogP contribution >= 0.6 is 0 Å². The van der Waals surface area contributed by atoms with Crippen LogP contribution in [0.1, 0.15) is 49.9 Å². The van der Waals surface area contributed by atoms with Crippen molar-refractivity contribution in [1.29, 1.82) is 0 Å². The Morgan fingerprint density at radius 1 is 0.867 bits per heavy atom. The number of carbonyl (C=O) groups excluding carboxylic acids is 1. The number of ether oxygens (including phenoxy) is 2. The second kappa shape index (κ2) is 16.9. The van der Waals surface area contributed by atoms with Gasteiger partial charge in [-0.3, -0.25) is 4.90 Å². The summed E-state index contributed by atoms with van der Waals surface area (Å²) < 4.78 is 40.7. The average Bonchev–Trinajstić information content (AvgIpc) is 3.05. The highest BCUT2D eigenvalue weighted by Crippen LogP contribution is 2.31. The number of aromatic nitrogens is 1. The number of nitrogens with zero attached hydrogens (tertiary/aromatic N) is 5. The van der Waals surface area contributed by atoms with Crippen molar-refractivity contribution in [3.63, 3.8) is 0 Å². The van der Waals surface area contributed by atoms with E-state index in [1.807, 2.05) is 49.3 Å². The van der Waals surface area contributed by atoms with Crippen molar-refractivity contribution in [2.24, 2.45) is 0 Å². The number of hydrogen-bond acceptors (Lipinski definition) is 9. The lowest BCUT2D eigenvalue weighted by atomic mass is 10.1. The van der Waals surface area contributed by atoms with Crippen LogP contribution in [0.5, 0.6) is 5.88 Å². The van der Waals surface area contributed by atoms with Gasteiger partial charge in [-0.25, -0.2) is 18.2 Å². The fourth-order valence-corrected chi connectivity index (χ4v) is 7.34. The van der Waals surface area contributed by atoms with Crippen LogP contribution in [-0.4, -0.2) is 113 Å². The van der Waals surface area contributed by atoms with E-state index in [1.54, 1.807) is 29.4 Å². The Balaban J connectivity index is 1.28. The van der Waals surface area contributed by atoms with Gasteiger partial charge in [-0.2, -0.15) is 4.31 Å². The minimum absolute atomic E-state index is 0.328. The number of hydrogen-bond donors (Lipinski definition) is 0. The minimum atomic E-state index is -3.67. The van der Waals surface area contributed by atoms with E-state index in [-0.39, 0.29) is 5.97 Å². The van der Waals surface area contributed by atoms with Gasteiger partial charge in [-0.15, -0.1) is 0 Å². The number of anilines is 1. The lowest BCUT2D eigenvalue weighted by Gasteiger charge is -2.35. The van der Waals surface area contributed by atoms with E-state index in [1.165, 1.54) is 6.20 Å². The number of pyridine rings is 1. The first-order valence-electron chi connectivity index (χ1n) is 16.1. The molecule has 0 unspecified atom stereocenters. The third-order valence-electron chi connectivity index (χ3n) is 8.22. The van der Waals surface area contributed by atoms with Crippen molar-refractivity contribution in [3.8, 4) is 5.88 Å². The quantitative estimate of drug-likeness (QED) is 0.153. The molecule has 0 N–H and O–H groups in total. The maximum absolute atomic E-state index is 14.1. The first kappa shape index (κ1) is 34.6. The number of piperazine rings is 1. The van der Waals surface area contributed by atoms with E-state index in [0.717, 1.165) is 74.9 Å². The Morgan fingerprint density at radius 3 is 2.24 bits per heavy atom. The van der Waals surface area contributed by atoms with Crippen LogP contribution in [0.4, 0.5) is 5.69 Å². The molecule has 1 saturated heterocycles. The van der Waals surface area contributed by atoms with Gasteiger partial charge in [0.2, 0.25) is 15.9 Å². The lowest BCUT2D eigenvalue weighted by molar-refractivity contribution is 0.0525. The Kier molecular flexibility index (Phi) is 13.0. The third kappa shape index (κ3) is 9.38. The molecule has 11 heteroatoms. The molecule has 0 spiro atoms. The summed E-state index contributed by atoms with van der Waals surface area (Å²) >= 11 is 0. The van der Waals surface area contributed by atoms with Crippen molar-refractivity contribution in [2.45, 2.75) is 44.4 Å². The van der Waals surface area contributed by atoms with Crippen molar-refractivity contribution in [3.05, 3.63) is 60.3 Å². The number of esters is 1. The van der Waals surface area contributed by atoms with Crippen molar-refractivity contribution >= 4 is 32.5 Å². The summed E-state index contributed by atoms with van der Waals surface area (Å²) in [6.45, 7) is 11.1. The summed E-state index contributed by atoms with van der Waals surface area (Å²) in [7, 11) is 0.286. The van der Waals surface area contributed by atoms with E-state index in [2.05, 4.69) is 21.7 Å². The Labute approximate surface area is 269 Å². The summed E-state index contributed by atoms with van der Waals surface area (Å²) in [5.41, 5.74) is 1.42. The molecule has 0 bridgehead atoms. The minimum Gasteiger partial charge on any atom is -0.478 e. The Bertz CT molecular complexity index is 1470. The maximum Gasteiger partial charge on any atom is 0.339 e. The smallest absolute Gasteiger partial charge is 0.339 e. The molecule has 0 aliphatic carbocycles. The molecule has 2 aromatic carbocycles. The molecule has 4 rings (SSSR count). The molecule has 0 saturated carbocycles. The molecule has 10 nitrogen and oxygen atoms in total. The number of unbranched alkanes of at least 4 members (excludes halogenated alkanes) is 2. The van der Waals surface area contributed by atoms with E-state index in [9.17, 15) is 13.2 Å². The molecular formula is C34H49N5O5S. The fourth-order valence-electron chi connectivity index (χ4n) is 5.66. The van der Waals surface area contributed by atoms with Gasteiger partial charge in [0.25, 0.3) is 0 Å². The second-order valence-electron chi connectivity index (χ2n) is 11.6. The van der Waals surface area contributed by atoms with Gasteiger partial charge < -0.3 is 19.3 Å². The molecule has 2 heterocycles. The number of carbonyl (C=O) groups is 1. The molecule has 0 amide bonds. The monoisotopic (exact) mass is 639 g/mol. The van der Waals surface area contributed by atoms with Crippen LogP contribution in [0, 0.1) is 0 Å². The molecule has 45 heavy (non-hydrogen) atoms.